The van der Waals surface area contributed by atoms with Crippen molar-refractivity contribution < 1.29 is 19.5 Å². The zero-order chi connectivity index (χ0) is 12.3. The zero-order valence-electron chi connectivity index (χ0n) is 9.05. The maximum absolute atomic E-state index is 11.7. The second-order valence-corrected chi connectivity index (χ2v) is 3.70. The van der Waals surface area contributed by atoms with Gasteiger partial charge in [-0.25, -0.2) is 4.79 Å². The average molecular weight is 229 g/mol. The van der Waals surface area contributed by atoms with Crippen molar-refractivity contribution in [3.8, 4) is 0 Å². The van der Waals surface area contributed by atoms with Gasteiger partial charge in [0, 0.05) is 19.6 Å². The summed E-state index contributed by atoms with van der Waals surface area (Å²) in [6.07, 6.45) is 0. The standard InChI is InChI=1S/C9H15N3O4/c1-2-11(5-7(10)13)9(16)12-3-6(4-12)8(14)15/h6H,2-5H2,1H3,(H2,10,13)(H,14,15). The molecule has 7 nitrogen and oxygen atoms in total. The molecule has 3 amide bonds. The Kier molecular flexibility index (Phi) is 3.70. The van der Waals surface area contributed by atoms with Crippen LogP contribution in [0.5, 0.6) is 0 Å². The highest BCUT2D eigenvalue weighted by molar-refractivity contribution is 5.84. The fourth-order valence-electron chi connectivity index (χ4n) is 1.49. The topological polar surface area (TPSA) is 104 Å². The normalized spacial score (nSPS) is 15.4. The number of likely N-dealkylation sites (tertiary alicyclic amines) is 1. The van der Waals surface area contributed by atoms with Crippen molar-refractivity contribution in [2.75, 3.05) is 26.2 Å². The molecule has 0 saturated carbocycles. The molecule has 1 aliphatic heterocycles. The lowest BCUT2D eigenvalue weighted by molar-refractivity contribution is -0.146. The molecule has 0 radical (unpaired) electrons. The molecule has 3 N–H and O–H groups in total. The summed E-state index contributed by atoms with van der Waals surface area (Å²) >= 11 is 0. The van der Waals surface area contributed by atoms with E-state index < -0.39 is 17.8 Å². The number of aliphatic carboxylic acids is 1. The number of hydrogen-bond acceptors (Lipinski definition) is 3. The monoisotopic (exact) mass is 229 g/mol. The summed E-state index contributed by atoms with van der Waals surface area (Å²) in [6.45, 7) is 2.36. The van der Waals surface area contributed by atoms with Gasteiger partial charge >= 0.3 is 12.0 Å². The summed E-state index contributed by atoms with van der Waals surface area (Å²) in [6, 6.07) is -0.334. The van der Waals surface area contributed by atoms with E-state index in [1.807, 2.05) is 0 Å². The summed E-state index contributed by atoms with van der Waals surface area (Å²) in [5.41, 5.74) is 5.00. The Morgan fingerprint density at radius 2 is 2.00 bits per heavy atom. The maximum atomic E-state index is 11.7. The van der Waals surface area contributed by atoms with Crippen LogP contribution in [0, 0.1) is 5.92 Å². The van der Waals surface area contributed by atoms with Crippen LogP contribution in [0.4, 0.5) is 4.79 Å². The van der Waals surface area contributed by atoms with E-state index in [0.29, 0.717) is 6.54 Å². The first-order chi connectivity index (χ1) is 7.45. The Bertz CT molecular complexity index is 312. The predicted octanol–water partition coefficient (Wildman–Crippen LogP) is -1.07. The van der Waals surface area contributed by atoms with E-state index >= 15 is 0 Å². The molecule has 0 atom stereocenters. The number of amides is 3. The molecule has 1 aliphatic rings. The van der Waals surface area contributed by atoms with Crippen LogP contribution in [0.15, 0.2) is 0 Å². The number of primary amides is 1. The lowest BCUT2D eigenvalue weighted by Gasteiger charge is -2.39. The second-order valence-electron chi connectivity index (χ2n) is 3.70. The molecule has 1 rings (SSSR count). The summed E-state index contributed by atoms with van der Waals surface area (Å²) in [7, 11) is 0. The Balaban J connectivity index is 2.46. The molecular formula is C9H15N3O4. The van der Waals surface area contributed by atoms with Gasteiger partial charge in [0.1, 0.15) is 6.54 Å². The van der Waals surface area contributed by atoms with Gasteiger partial charge in [-0.2, -0.15) is 0 Å². The first-order valence-corrected chi connectivity index (χ1v) is 5.00. The van der Waals surface area contributed by atoms with E-state index in [4.69, 9.17) is 10.8 Å². The number of carbonyl (C=O) groups is 3. The van der Waals surface area contributed by atoms with E-state index in [2.05, 4.69) is 0 Å². The van der Waals surface area contributed by atoms with Crippen LogP contribution < -0.4 is 5.73 Å². The minimum atomic E-state index is -0.901. The smallest absolute Gasteiger partial charge is 0.320 e. The summed E-state index contributed by atoms with van der Waals surface area (Å²) in [4.78, 5) is 35.6. The average Bonchev–Trinajstić information content (AvgIpc) is 2.10. The quantitative estimate of drug-likeness (QED) is 0.640. The van der Waals surface area contributed by atoms with Crippen molar-refractivity contribution in [2.45, 2.75) is 6.92 Å². The first-order valence-electron chi connectivity index (χ1n) is 5.00. The first kappa shape index (κ1) is 12.3. The highest BCUT2D eigenvalue weighted by Crippen LogP contribution is 2.17. The van der Waals surface area contributed by atoms with Crippen LogP contribution in [-0.2, 0) is 9.59 Å². The Hall–Kier alpha value is -1.79. The van der Waals surface area contributed by atoms with Crippen LogP contribution >= 0.6 is 0 Å². The third-order valence-corrected chi connectivity index (χ3v) is 2.50. The molecule has 0 aromatic carbocycles. The van der Waals surface area contributed by atoms with Crippen molar-refractivity contribution in [2.24, 2.45) is 11.7 Å². The molecular weight excluding hydrogens is 214 g/mol. The molecule has 0 aromatic heterocycles. The minimum absolute atomic E-state index is 0.135. The van der Waals surface area contributed by atoms with Crippen molar-refractivity contribution in [1.29, 1.82) is 0 Å². The van der Waals surface area contributed by atoms with Crippen LogP contribution in [0.2, 0.25) is 0 Å². The van der Waals surface area contributed by atoms with Gasteiger partial charge in [-0.05, 0) is 6.92 Å². The second kappa shape index (κ2) is 4.82. The number of nitrogens with two attached hydrogens (primary N) is 1. The lowest BCUT2D eigenvalue weighted by Crippen LogP contribution is -2.57. The zero-order valence-corrected chi connectivity index (χ0v) is 9.05. The Morgan fingerprint density at radius 1 is 1.44 bits per heavy atom. The van der Waals surface area contributed by atoms with E-state index in [9.17, 15) is 14.4 Å². The molecule has 0 aromatic rings. The van der Waals surface area contributed by atoms with E-state index in [1.54, 1.807) is 6.92 Å². The molecule has 1 fully saturated rings. The number of nitrogens with zero attached hydrogens (tertiary/aromatic N) is 2. The Labute approximate surface area is 92.8 Å². The minimum Gasteiger partial charge on any atom is -0.481 e. The van der Waals surface area contributed by atoms with E-state index in [1.165, 1.54) is 9.80 Å². The largest absolute Gasteiger partial charge is 0.481 e. The van der Waals surface area contributed by atoms with Gasteiger partial charge in [-0.1, -0.05) is 0 Å². The lowest BCUT2D eigenvalue weighted by atomic mass is 10.0. The highest BCUT2D eigenvalue weighted by atomic mass is 16.4. The van der Waals surface area contributed by atoms with Crippen molar-refractivity contribution in [3.05, 3.63) is 0 Å². The number of hydrogen-bond donors (Lipinski definition) is 2. The van der Waals surface area contributed by atoms with Crippen LogP contribution in [0.25, 0.3) is 0 Å². The fourth-order valence-corrected chi connectivity index (χ4v) is 1.49. The van der Waals surface area contributed by atoms with Gasteiger partial charge in [-0.15, -0.1) is 0 Å². The molecule has 1 saturated heterocycles. The number of carbonyl (C=O) groups excluding carboxylic acids is 2. The molecule has 16 heavy (non-hydrogen) atoms. The molecule has 0 aliphatic carbocycles. The van der Waals surface area contributed by atoms with Crippen molar-refractivity contribution >= 4 is 17.9 Å². The molecule has 0 unspecified atom stereocenters. The summed E-state index contributed by atoms with van der Waals surface area (Å²) in [5, 5.41) is 8.65. The summed E-state index contributed by atoms with van der Waals surface area (Å²) in [5.74, 6) is -1.97. The number of urea groups is 1. The van der Waals surface area contributed by atoms with Crippen molar-refractivity contribution in [1.82, 2.24) is 9.80 Å². The third-order valence-electron chi connectivity index (χ3n) is 2.50. The SMILES string of the molecule is CCN(CC(N)=O)C(=O)N1CC(C(=O)O)C1. The molecule has 1 heterocycles. The van der Waals surface area contributed by atoms with Gasteiger partial charge in [-0.3, -0.25) is 9.59 Å². The predicted molar refractivity (Wildman–Crippen MR) is 54.5 cm³/mol. The van der Waals surface area contributed by atoms with Crippen LogP contribution in [-0.4, -0.2) is 59.0 Å². The molecule has 0 bridgehead atoms. The van der Waals surface area contributed by atoms with Gasteiger partial charge in [0.15, 0.2) is 0 Å². The third kappa shape index (κ3) is 2.62. The molecule has 0 spiro atoms. The number of rotatable bonds is 4. The number of likely N-dealkylation sites (N-methyl/N-ethyl adjacent to an activating group) is 1. The molecule has 7 heteroatoms. The summed E-state index contributed by atoms with van der Waals surface area (Å²) < 4.78 is 0. The van der Waals surface area contributed by atoms with Crippen LogP contribution in [0.1, 0.15) is 6.92 Å². The van der Waals surface area contributed by atoms with E-state index in [-0.39, 0.29) is 25.7 Å². The van der Waals surface area contributed by atoms with Gasteiger partial charge < -0.3 is 20.6 Å². The van der Waals surface area contributed by atoms with Gasteiger partial charge in [0.25, 0.3) is 0 Å². The molecule has 90 valence electrons. The van der Waals surface area contributed by atoms with Crippen molar-refractivity contribution in [3.63, 3.8) is 0 Å². The maximum Gasteiger partial charge on any atom is 0.320 e. The highest BCUT2D eigenvalue weighted by Gasteiger charge is 2.37. The van der Waals surface area contributed by atoms with Gasteiger partial charge in [0.05, 0.1) is 5.92 Å². The number of carboxylic acid groups (broad SMARTS) is 1. The fraction of sp³-hybridized carbons (Fsp3) is 0.667. The van der Waals surface area contributed by atoms with E-state index in [0.717, 1.165) is 0 Å². The number of carboxylic acids is 1. The van der Waals surface area contributed by atoms with Crippen LogP contribution in [0.3, 0.4) is 0 Å². The van der Waals surface area contributed by atoms with Gasteiger partial charge in [0.2, 0.25) is 5.91 Å². The Morgan fingerprint density at radius 3 is 2.38 bits per heavy atom.